The first-order valence-electron chi connectivity index (χ1n) is 6.24. The summed E-state index contributed by atoms with van der Waals surface area (Å²) >= 11 is 0. The fourth-order valence-corrected chi connectivity index (χ4v) is 1.90. The maximum absolute atomic E-state index is 5.75. The van der Waals surface area contributed by atoms with E-state index in [1.807, 2.05) is 25.1 Å². The van der Waals surface area contributed by atoms with E-state index in [9.17, 15) is 0 Å². The molecule has 20 heavy (non-hydrogen) atoms. The zero-order valence-corrected chi connectivity index (χ0v) is 11.0. The van der Waals surface area contributed by atoms with Gasteiger partial charge in [-0.15, -0.1) is 0 Å². The zero-order chi connectivity index (χ0) is 13.9. The van der Waals surface area contributed by atoms with Crippen LogP contribution in [0.3, 0.4) is 0 Å². The van der Waals surface area contributed by atoms with E-state index in [1.54, 1.807) is 12.4 Å². The van der Waals surface area contributed by atoms with Crippen LogP contribution < -0.4 is 11.1 Å². The van der Waals surface area contributed by atoms with E-state index < -0.39 is 0 Å². The van der Waals surface area contributed by atoms with Crippen molar-refractivity contribution in [2.45, 2.75) is 13.5 Å². The van der Waals surface area contributed by atoms with Crippen molar-refractivity contribution in [2.75, 3.05) is 11.1 Å². The van der Waals surface area contributed by atoms with E-state index in [0.29, 0.717) is 12.2 Å². The molecule has 0 radical (unpaired) electrons. The van der Waals surface area contributed by atoms with Gasteiger partial charge in [0.05, 0.1) is 29.6 Å². The van der Waals surface area contributed by atoms with E-state index in [4.69, 9.17) is 5.73 Å². The summed E-state index contributed by atoms with van der Waals surface area (Å²) in [6.45, 7) is 2.47. The lowest BCUT2D eigenvalue weighted by Gasteiger charge is -2.08. The van der Waals surface area contributed by atoms with Crippen molar-refractivity contribution in [3.63, 3.8) is 0 Å². The molecule has 2 aromatic heterocycles. The third-order valence-electron chi connectivity index (χ3n) is 2.93. The number of nitrogens with two attached hydrogens (primary N) is 1. The predicted molar refractivity (Wildman–Crippen MR) is 78.0 cm³/mol. The van der Waals surface area contributed by atoms with Gasteiger partial charge in [-0.3, -0.25) is 9.97 Å². The number of hydrogen-bond donors (Lipinski definition) is 2. The maximum atomic E-state index is 5.75. The quantitative estimate of drug-likeness (QED) is 0.704. The Morgan fingerprint density at radius 1 is 1.10 bits per heavy atom. The second-order valence-electron chi connectivity index (χ2n) is 4.50. The molecule has 0 bridgehead atoms. The fourth-order valence-electron chi connectivity index (χ4n) is 1.90. The van der Waals surface area contributed by atoms with Crippen molar-refractivity contribution in [3.05, 3.63) is 48.3 Å². The molecule has 2 heterocycles. The standard InChI is InChI=1S/C14H14N6/c1-9-5-17-11(6-16-9)7-18-14-12-3-2-10(15)4-13(12)19-8-20-14/h2-6,8H,7,15H2,1H3,(H,18,19,20). The molecule has 0 spiro atoms. The summed E-state index contributed by atoms with van der Waals surface area (Å²) in [5.41, 5.74) is 9.02. The van der Waals surface area contributed by atoms with Gasteiger partial charge in [-0.2, -0.15) is 0 Å². The van der Waals surface area contributed by atoms with Gasteiger partial charge < -0.3 is 11.1 Å². The van der Waals surface area contributed by atoms with Crippen LogP contribution in [0.15, 0.2) is 36.9 Å². The van der Waals surface area contributed by atoms with Crippen molar-refractivity contribution in [3.8, 4) is 0 Å². The second kappa shape index (κ2) is 5.08. The highest BCUT2D eigenvalue weighted by Crippen LogP contribution is 2.21. The Morgan fingerprint density at radius 2 is 2.00 bits per heavy atom. The molecule has 0 unspecified atom stereocenters. The van der Waals surface area contributed by atoms with Crippen LogP contribution in [0.1, 0.15) is 11.4 Å². The minimum Gasteiger partial charge on any atom is -0.399 e. The Hall–Kier alpha value is -2.76. The molecule has 6 heteroatoms. The Morgan fingerprint density at radius 3 is 2.80 bits per heavy atom. The fraction of sp³-hybridized carbons (Fsp3) is 0.143. The van der Waals surface area contributed by atoms with Crippen LogP contribution >= 0.6 is 0 Å². The summed E-state index contributed by atoms with van der Waals surface area (Å²) in [7, 11) is 0. The van der Waals surface area contributed by atoms with Crippen LogP contribution in [0.25, 0.3) is 10.9 Å². The third-order valence-corrected chi connectivity index (χ3v) is 2.93. The van der Waals surface area contributed by atoms with E-state index in [0.717, 1.165) is 28.1 Å². The molecule has 3 aromatic rings. The molecular formula is C14H14N6. The minimum absolute atomic E-state index is 0.559. The number of nitrogens with zero attached hydrogens (tertiary/aromatic N) is 4. The van der Waals surface area contributed by atoms with Crippen molar-refractivity contribution in [2.24, 2.45) is 0 Å². The van der Waals surface area contributed by atoms with E-state index in [1.165, 1.54) is 6.33 Å². The lowest BCUT2D eigenvalue weighted by Crippen LogP contribution is -2.05. The van der Waals surface area contributed by atoms with Gasteiger partial charge in [0, 0.05) is 17.3 Å². The van der Waals surface area contributed by atoms with Gasteiger partial charge >= 0.3 is 0 Å². The van der Waals surface area contributed by atoms with Crippen LogP contribution in [0, 0.1) is 6.92 Å². The van der Waals surface area contributed by atoms with Crippen LogP contribution in [0.4, 0.5) is 11.5 Å². The Bertz CT molecular complexity index is 738. The highest BCUT2D eigenvalue weighted by Gasteiger charge is 2.04. The number of nitrogens with one attached hydrogen (secondary N) is 1. The number of benzene rings is 1. The molecule has 0 amide bonds. The molecular weight excluding hydrogens is 252 g/mol. The van der Waals surface area contributed by atoms with Crippen LogP contribution in [0.2, 0.25) is 0 Å². The third kappa shape index (κ3) is 2.49. The van der Waals surface area contributed by atoms with Crippen molar-refractivity contribution >= 4 is 22.4 Å². The Labute approximate surface area is 116 Å². The minimum atomic E-state index is 0.559. The van der Waals surface area contributed by atoms with Crippen LogP contribution in [0.5, 0.6) is 0 Å². The van der Waals surface area contributed by atoms with Gasteiger partial charge in [0.2, 0.25) is 0 Å². The number of hydrogen-bond acceptors (Lipinski definition) is 6. The molecule has 3 rings (SSSR count). The molecule has 0 saturated heterocycles. The van der Waals surface area contributed by atoms with Gasteiger partial charge in [0.25, 0.3) is 0 Å². The molecule has 3 N–H and O–H groups in total. The summed E-state index contributed by atoms with van der Waals surface area (Å²) in [6.07, 6.45) is 5.02. The monoisotopic (exact) mass is 266 g/mol. The van der Waals surface area contributed by atoms with Crippen LogP contribution in [-0.2, 0) is 6.54 Å². The number of aryl methyl sites for hydroxylation is 1. The number of rotatable bonds is 3. The topological polar surface area (TPSA) is 89.6 Å². The molecule has 1 aromatic carbocycles. The molecule has 100 valence electrons. The molecule has 0 aliphatic heterocycles. The number of anilines is 2. The van der Waals surface area contributed by atoms with Crippen LogP contribution in [-0.4, -0.2) is 19.9 Å². The first kappa shape index (κ1) is 12.3. The van der Waals surface area contributed by atoms with Gasteiger partial charge in [0.1, 0.15) is 12.1 Å². The largest absolute Gasteiger partial charge is 0.399 e. The average molecular weight is 266 g/mol. The molecule has 6 nitrogen and oxygen atoms in total. The first-order chi connectivity index (χ1) is 9.72. The maximum Gasteiger partial charge on any atom is 0.137 e. The summed E-state index contributed by atoms with van der Waals surface area (Å²) in [6, 6.07) is 5.57. The highest BCUT2D eigenvalue weighted by molar-refractivity contribution is 5.90. The SMILES string of the molecule is Cc1cnc(CNc2ncnc3cc(N)ccc23)cn1. The van der Waals surface area contributed by atoms with Gasteiger partial charge in [-0.25, -0.2) is 9.97 Å². The van der Waals surface area contributed by atoms with E-state index in [2.05, 4.69) is 25.3 Å². The number of fused-ring (bicyclic) bond motifs is 1. The molecule has 0 aliphatic rings. The lowest BCUT2D eigenvalue weighted by molar-refractivity contribution is 0.977. The Kier molecular flexibility index (Phi) is 3.12. The molecule has 0 atom stereocenters. The van der Waals surface area contributed by atoms with Crippen molar-refractivity contribution in [1.29, 1.82) is 0 Å². The second-order valence-corrected chi connectivity index (χ2v) is 4.50. The summed E-state index contributed by atoms with van der Waals surface area (Å²) in [5, 5.41) is 4.18. The van der Waals surface area contributed by atoms with Crippen molar-refractivity contribution < 1.29 is 0 Å². The lowest BCUT2D eigenvalue weighted by atomic mass is 10.2. The summed E-state index contributed by atoms with van der Waals surface area (Å²) in [4.78, 5) is 17.0. The van der Waals surface area contributed by atoms with Crippen molar-refractivity contribution in [1.82, 2.24) is 19.9 Å². The molecule has 0 saturated carbocycles. The zero-order valence-electron chi connectivity index (χ0n) is 11.0. The van der Waals surface area contributed by atoms with E-state index in [-0.39, 0.29) is 0 Å². The molecule has 0 fully saturated rings. The normalized spacial score (nSPS) is 10.7. The first-order valence-corrected chi connectivity index (χ1v) is 6.24. The van der Waals surface area contributed by atoms with E-state index >= 15 is 0 Å². The summed E-state index contributed by atoms with van der Waals surface area (Å²) < 4.78 is 0. The number of nitrogen functional groups attached to an aromatic ring is 1. The summed E-state index contributed by atoms with van der Waals surface area (Å²) in [5.74, 6) is 0.761. The average Bonchev–Trinajstić information content (AvgIpc) is 2.46. The Balaban J connectivity index is 1.85. The van der Waals surface area contributed by atoms with Gasteiger partial charge in [0.15, 0.2) is 0 Å². The molecule has 0 aliphatic carbocycles. The smallest absolute Gasteiger partial charge is 0.137 e. The predicted octanol–water partition coefficient (Wildman–Crippen LogP) is 1.92. The number of aromatic nitrogens is 4. The van der Waals surface area contributed by atoms with Gasteiger partial charge in [-0.05, 0) is 25.1 Å². The highest BCUT2D eigenvalue weighted by atomic mass is 15.0. The van der Waals surface area contributed by atoms with Gasteiger partial charge in [-0.1, -0.05) is 0 Å².